The normalized spacial score (nSPS) is 29.5. The lowest BCUT2D eigenvalue weighted by atomic mass is 10.0. The number of aliphatic hydroxyl groups excluding tert-OH is 1. The van der Waals surface area contributed by atoms with E-state index in [1.807, 2.05) is 6.92 Å². The number of nitrogens with one attached hydrogen (secondary N) is 1. The van der Waals surface area contributed by atoms with E-state index in [2.05, 4.69) is 11.6 Å². The zero-order chi connectivity index (χ0) is 14.7. The molecular formula is C13H18N2O5. The van der Waals surface area contributed by atoms with E-state index in [4.69, 9.17) is 9.47 Å². The Labute approximate surface area is 115 Å². The number of nitrogens with zero attached hydrogens (tertiary/aromatic N) is 1. The monoisotopic (exact) mass is 282 g/mol. The Morgan fingerprint density at radius 3 is 2.95 bits per heavy atom. The fourth-order valence-corrected chi connectivity index (χ4v) is 2.33. The number of aromatic nitrogens is 2. The van der Waals surface area contributed by atoms with Crippen molar-refractivity contribution >= 4 is 0 Å². The van der Waals surface area contributed by atoms with Crippen molar-refractivity contribution < 1.29 is 14.6 Å². The summed E-state index contributed by atoms with van der Waals surface area (Å²) in [6.45, 7) is 5.61. The maximum Gasteiger partial charge on any atom is 0.330 e. The Kier molecular flexibility index (Phi) is 4.53. The average molecular weight is 282 g/mol. The summed E-state index contributed by atoms with van der Waals surface area (Å²) in [7, 11) is 0. The van der Waals surface area contributed by atoms with Gasteiger partial charge in [-0.15, -0.1) is 6.58 Å². The minimum atomic E-state index is -0.688. The van der Waals surface area contributed by atoms with Crippen molar-refractivity contribution in [2.75, 3.05) is 13.2 Å². The molecule has 0 radical (unpaired) electrons. The molecule has 7 heteroatoms. The van der Waals surface area contributed by atoms with E-state index >= 15 is 0 Å². The van der Waals surface area contributed by atoms with E-state index in [0.29, 0.717) is 6.61 Å². The molecule has 20 heavy (non-hydrogen) atoms. The first kappa shape index (κ1) is 14.7. The minimum Gasteiger partial charge on any atom is -0.394 e. The van der Waals surface area contributed by atoms with Crippen LogP contribution in [0.25, 0.3) is 0 Å². The van der Waals surface area contributed by atoms with Gasteiger partial charge in [0.05, 0.1) is 19.3 Å². The first-order chi connectivity index (χ1) is 9.58. The van der Waals surface area contributed by atoms with Gasteiger partial charge < -0.3 is 14.6 Å². The van der Waals surface area contributed by atoms with Crippen LogP contribution in [0, 0.1) is 5.92 Å². The summed E-state index contributed by atoms with van der Waals surface area (Å²) in [4.78, 5) is 25.1. The SMILES string of the molecule is C=CCO[C@@H]1[C@H](C)[C@@H](CO)O[C@H]1n1ccc(=O)[nH]c1=O. The number of H-pyrrole nitrogens is 1. The van der Waals surface area contributed by atoms with Gasteiger partial charge in [0.1, 0.15) is 6.10 Å². The predicted octanol–water partition coefficient (Wildman–Crippen LogP) is -0.366. The maximum atomic E-state index is 11.8. The molecular weight excluding hydrogens is 264 g/mol. The van der Waals surface area contributed by atoms with Crippen LogP contribution in [0.3, 0.4) is 0 Å². The van der Waals surface area contributed by atoms with E-state index in [9.17, 15) is 14.7 Å². The van der Waals surface area contributed by atoms with E-state index < -0.39 is 29.7 Å². The quantitative estimate of drug-likeness (QED) is 0.719. The second-order valence-corrected chi connectivity index (χ2v) is 4.71. The highest BCUT2D eigenvalue weighted by Crippen LogP contribution is 2.34. The summed E-state index contributed by atoms with van der Waals surface area (Å²) < 4.78 is 12.6. The fourth-order valence-electron chi connectivity index (χ4n) is 2.33. The number of ether oxygens (including phenoxy) is 2. The molecule has 0 bridgehead atoms. The molecule has 2 heterocycles. The van der Waals surface area contributed by atoms with Gasteiger partial charge in [0.15, 0.2) is 6.23 Å². The fraction of sp³-hybridized carbons (Fsp3) is 0.538. The maximum absolute atomic E-state index is 11.8. The molecule has 2 N–H and O–H groups in total. The molecule has 1 aliphatic heterocycles. The first-order valence-corrected chi connectivity index (χ1v) is 6.38. The molecule has 0 saturated carbocycles. The summed E-state index contributed by atoms with van der Waals surface area (Å²) in [5, 5.41) is 9.31. The largest absolute Gasteiger partial charge is 0.394 e. The Morgan fingerprint density at radius 2 is 2.35 bits per heavy atom. The van der Waals surface area contributed by atoms with Crippen LogP contribution in [0.5, 0.6) is 0 Å². The van der Waals surface area contributed by atoms with Gasteiger partial charge in [0.2, 0.25) is 0 Å². The Balaban J connectivity index is 2.33. The Morgan fingerprint density at radius 1 is 1.60 bits per heavy atom. The van der Waals surface area contributed by atoms with Crippen LogP contribution < -0.4 is 11.2 Å². The van der Waals surface area contributed by atoms with Crippen LogP contribution in [0.4, 0.5) is 0 Å². The summed E-state index contributed by atoms with van der Waals surface area (Å²) in [5.41, 5.74) is -1.04. The van der Waals surface area contributed by atoms with Gasteiger partial charge in [-0.3, -0.25) is 14.3 Å². The van der Waals surface area contributed by atoms with E-state index in [1.165, 1.54) is 16.8 Å². The lowest BCUT2D eigenvalue weighted by molar-refractivity contribution is -0.0682. The molecule has 1 saturated heterocycles. The summed E-state index contributed by atoms with van der Waals surface area (Å²) in [6, 6.07) is 1.24. The second kappa shape index (κ2) is 6.17. The zero-order valence-electron chi connectivity index (χ0n) is 11.2. The lowest BCUT2D eigenvalue weighted by Gasteiger charge is -2.22. The molecule has 4 atom stereocenters. The van der Waals surface area contributed by atoms with Crippen LogP contribution >= 0.6 is 0 Å². The van der Waals surface area contributed by atoms with Gasteiger partial charge in [-0.1, -0.05) is 13.0 Å². The predicted molar refractivity (Wildman–Crippen MR) is 71.4 cm³/mol. The lowest BCUT2D eigenvalue weighted by Crippen LogP contribution is -2.37. The topological polar surface area (TPSA) is 93.5 Å². The van der Waals surface area contributed by atoms with Crippen molar-refractivity contribution in [2.45, 2.75) is 25.4 Å². The van der Waals surface area contributed by atoms with E-state index in [-0.39, 0.29) is 12.5 Å². The number of hydrogen-bond donors (Lipinski definition) is 2. The third-order valence-corrected chi connectivity index (χ3v) is 3.41. The number of aromatic amines is 1. The van der Waals surface area contributed by atoms with Gasteiger partial charge in [0, 0.05) is 18.2 Å². The Bertz CT molecular complexity index is 579. The molecule has 0 spiro atoms. The molecule has 1 aromatic rings. The molecule has 7 nitrogen and oxygen atoms in total. The third-order valence-electron chi connectivity index (χ3n) is 3.41. The van der Waals surface area contributed by atoms with Crippen LogP contribution in [-0.2, 0) is 9.47 Å². The van der Waals surface area contributed by atoms with Crippen molar-refractivity contribution in [3.8, 4) is 0 Å². The van der Waals surface area contributed by atoms with E-state index in [0.717, 1.165) is 0 Å². The molecule has 0 aliphatic carbocycles. The number of aliphatic hydroxyl groups is 1. The smallest absolute Gasteiger partial charge is 0.330 e. The average Bonchev–Trinajstić information content (AvgIpc) is 2.73. The van der Waals surface area contributed by atoms with Gasteiger partial charge in [-0.25, -0.2) is 4.79 Å². The van der Waals surface area contributed by atoms with Crippen molar-refractivity contribution in [2.24, 2.45) is 5.92 Å². The van der Waals surface area contributed by atoms with Gasteiger partial charge in [-0.2, -0.15) is 0 Å². The highest BCUT2D eigenvalue weighted by molar-refractivity contribution is 4.92. The number of rotatable bonds is 5. The summed E-state index contributed by atoms with van der Waals surface area (Å²) in [5.74, 6) is -0.0937. The van der Waals surface area contributed by atoms with Gasteiger partial charge in [-0.05, 0) is 0 Å². The van der Waals surface area contributed by atoms with E-state index in [1.54, 1.807) is 6.08 Å². The van der Waals surface area contributed by atoms with Crippen molar-refractivity contribution in [1.29, 1.82) is 0 Å². The molecule has 0 unspecified atom stereocenters. The van der Waals surface area contributed by atoms with Gasteiger partial charge >= 0.3 is 5.69 Å². The van der Waals surface area contributed by atoms with Gasteiger partial charge in [0.25, 0.3) is 5.56 Å². The van der Waals surface area contributed by atoms with Crippen molar-refractivity contribution in [3.63, 3.8) is 0 Å². The standard InChI is InChI=1S/C13H18N2O5/c1-3-6-19-11-8(2)9(7-16)20-12(11)15-5-4-10(17)14-13(15)18/h3-5,8-9,11-12,16H,1,6-7H2,2H3,(H,14,17,18)/t8-,9-,11-,12-/m1/s1. The van der Waals surface area contributed by atoms with Crippen LogP contribution in [0.2, 0.25) is 0 Å². The molecule has 110 valence electrons. The van der Waals surface area contributed by atoms with Crippen LogP contribution in [0.1, 0.15) is 13.2 Å². The Hall–Kier alpha value is -1.70. The third kappa shape index (κ3) is 2.74. The summed E-state index contributed by atoms with van der Waals surface area (Å²) >= 11 is 0. The highest BCUT2D eigenvalue weighted by atomic mass is 16.6. The minimum absolute atomic E-state index is 0.0937. The molecule has 0 aromatic carbocycles. The van der Waals surface area contributed by atoms with Crippen LogP contribution in [-0.4, -0.2) is 40.1 Å². The highest BCUT2D eigenvalue weighted by Gasteiger charge is 2.43. The van der Waals surface area contributed by atoms with Crippen molar-refractivity contribution in [1.82, 2.24) is 9.55 Å². The molecule has 0 amide bonds. The second-order valence-electron chi connectivity index (χ2n) is 4.71. The molecule has 1 aromatic heterocycles. The number of hydrogen-bond acceptors (Lipinski definition) is 5. The first-order valence-electron chi connectivity index (χ1n) is 6.38. The summed E-state index contributed by atoms with van der Waals surface area (Å²) in [6.07, 6.45) is 1.45. The molecule has 1 aliphatic rings. The molecule has 1 fully saturated rings. The van der Waals surface area contributed by atoms with Crippen LogP contribution in [0.15, 0.2) is 34.5 Å². The molecule has 2 rings (SSSR count). The van der Waals surface area contributed by atoms with Crippen molar-refractivity contribution in [3.05, 3.63) is 45.8 Å². The zero-order valence-corrected chi connectivity index (χ0v) is 11.2.